The molecule has 1 aliphatic rings. The zero-order valence-corrected chi connectivity index (χ0v) is 22.2. The third-order valence-electron chi connectivity index (χ3n) is 6.17. The van der Waals surface area contributed by atoms with Gasteiger partial charge < -0.3 is 25.6 Å². The first-order valence-corrected chi connectivity index (χ1v) is 13.2. The Balaban J connectivity index is 1.31. The average Bonchev–Trinajstić information content (AvgIpc) is 3.41. The van der Waals surface area contributed by atoms with Gasteiger partial charge in [-0.15, -0.1) is 11.3 Å². The highest BCUT2D eigenvalue weighted by Gasteiger charge is 2.24. The lowest BCUT2D eigenvalue weighted by Gasteiger charge is -2.36. The summed E-state index contributed by atoms with van der Waals surface area (Å²) < 4.78 is 20.1. The quantitative estimate of drug-likeness (QED) is 0.288. The van der Waals surface area contributed by atoms with Crippen LogP contribution in [0.5, 0.6) is 5.75 Å². The van der Waals surface area contributed by atoms with Gasteiger partial charge in [-0.3, -0.25) is 4.79 Å². The molecule has 0 unspecified atom stereocenters. The number of nitrogens with zero attached hydrogens (tertiary/aromatic N) is 3. The number of anilines is 4. The van der Waals surface area contributed by atoms with Crippen LogP contribution in [0.1, 0.15) is 23.5 Å². The molecule has 3 N–H and O–H groups in total. The lowest BCUT2D eigenvalue weighted by atomic mass is 10.1. The van der Waals surface area contributed by atoms with Gasteiger partial charge >= 0.3 is 0 Å². The number of methoxy groups -OCH3 is 1. The summed E-state index contributed by atoms with van der Waals surface area (Å²) in [7, 11) is 1.52. The molecule has 2 aromatic carbocycles. The molecule has 0 spiro atoms. The predicted molar refractivity (Wildman–Crippen MR) is 150 cm³/mol. The van der Waals surface area contributed by atoms with E-state index in [4.69, 9.17) is 4.74 Å². The molecule has 10 heteroatoms. The number of halogens is 1. The summed E-state index contributed by atoms with van der Waals surface area (Å²) >= 11 is 1.42. The Bertz CT molecular complexity index is 1420. The number of nitrogens with one attached hydrogen (secondary N) is 3. The normalized spacial score (nSPS) is 17.2. The summed E-state index contributed by atoms with van der Waals surface area (Å²) in [4.78, 5) is 25.2. The van der Waals surface area contributed by atoms with Crippen molar-refractivity contribution in [3.05, 3.63) is 77.6 Å². The second-order valence-corrected chi connectivity index (χ2v) is 10.3. The molecule has 4 aromatic rings. The lowest BCUT2D eigenvalue weighted by molar-refractivity contribution is 0.103. The van der Waals surface area contributed by atoms with E-state index in [2.05, 4.69) is 39.8 Å². The van der Waals surface area contributed by atoms with Crippen molar-refractivity contribution < 1.29 is 13.9 Å². The van der Waals surface area contributed by atoms with E-state index in [0.29, 0.717) is 27.9 Å². The van der Waals surface area contributed by atoms with E-state index in [0.717, 1.165) is 23.5 Å². The largest absolute Gasteiger partial charge is 0.494 e. The molecule has 0 bridgehead atoms. The molecule has 3 heterocycles. The molecule has 2 aromatic heterocycles. The molecule has 1 fully saturated rings. The number of hydrogen-bond donors (Lipinski definition) is 3. The van der Waals surface area contributed by atoms with Crippen LogP contribution >= 0.6 is 11.3 Å². The number of piperazine rings is 1. The molecule has 1 amide bonds. The molecular formula is C28H29FN6O2S. The van der Waals surface area contributed by atoms with E-state index >= 15 is 0 Å². The van der Waals surface area contributed by atoms with Crippen LogP contribution in [-0.4, -0.2) is 48.2 Å². The van der Waals surface area contributed by atoms with E-state index in [-0.39, 0.29) is 23.8 Å². The van der Waals surface area contributed by atoms with Gasteiger partial charge in [-0.05, 0) is 43.7 Å². The van der Waals surface area contributed by atoms with Crippen molar-refractivity contribution in [2.75, 3.05) is 35.7 Å². The highest BCUT2D eigenvalue weighted by molar-refractivity contribution is 7.17. The molecule has 5 rings (SSSR count). The maximum Gasteiger partial charge on any atom is 0.265 e. The van der Waals surface area contributed by atoms with Gasteiger partial charge in [0.25, 0.3) is 5.91 Å². The minimum Gasteiger partial charge on any atom is -0.494 e. The van der Waals surface area contributed by atoms with Crippen LogP contribution in [-0.2, 0) is 0 Å². The Hall–Kier alpha value is -4.02. The maximum absolute atomic E-state index is 14.6. The highest BCUT2D eigenvalue weighted by Crippen LogP contribution is 2.32. The molecule has 0 radical (unpaired) electrons. The van der Waals surface area contributed by atoms with Crippen LogP contribution in [0, 0.1) is 5.82 Å². The Labute approximate surface area is 224 Å². The van der Waals surface area contributed by atoms with Crippen molar-refractivity contribution in [3.63, 3.8) is 0 Å². The zero-order valence-electron chi connectivity index (χ0n) is 21.4. The van der Waals surface area contributed by atoms with Crippen LogP contribution in [0.2, 0.25) is 0 Å². The van der Waals surface area contributed by atoms with Gasteiger partial charge in [0.1, 0.15) is 5.75 Å². The molecule has 1 aliphatic heterocycles. The number of benzene rings is 2. The van der Waals surface area contributed by atoms with E-state index in [1.54, 1.807) is 24.3 Å². The maximum atomic E-state index is 14.6. The minimum atomic E-state index is -0.562. The van der Waals surface area contributed by atoms with Gasteiger partial charge in [0, 0.05) is 41.8 Å². The van der Waals surface area contributed by atoms with Crippen LogP contribution in [0.15, 0.2) is 66.9 Å². The van der Waals surface area contributed by atoms with Gasteiger partial charge in [-0.1, -0.05) is 30.3 Å². The van der Waals surface area contributed by atoms with E-state index in [1.165, 1.54) is 24.6 Å². The topological polar surface area (TPSA) is 91.4 Å². The summed E-state index contributed by atoms with van der Waals surface area (Å²) in [6.45, 7) is 5.65. The van der Waals surface area contributed by atoms with E-state index in [1.807, 2.05) is 41.3 Å². The second kappa shape index (κ2) is 11.2. The summed E-state index contributed by atoms with van der Waals surface area (Å²) in [5.41, 5.74) is 2.13. The van der Waals surface area contributed by atoms with E-state index in [9.17, 15) is 9.18 Å². The van der Waals surface area contributed by atoms with E-state index < -0.39 is 5.82 Å². The van der Waals surface area contributed by atoms with Crippen molar-refractivity contribution >= 4 is 40.4 Å². The van der Waals surface area contributed by atoms with Gasteiger partial charge in [0.05, 0.1) is 23.9 Å². The summed E-state index contributed by atoms with van der Waals surface area (Å²) in [5, 5.41) is 9.40. The minimum absolute atomic E-state index is 0.0692. The number of hydrogen-bond acceptors (Lipinski definition) is 8. The van der Waals surface area contributed by atoms with Crippen molar-refractivity contribution in [2.45, 2.75) is 25.9 Å². The van der Waals surface area contributed by atoms with Crippen LogP contribution < -0.4 is 25.6 Å². The fourth-order valence-electron chi connectivity index (χ4n) is 4.50. The van der Waals surface area contributed by atoms with Gasteiger partial charge in [0.15, 0.2) is 11.6 Å². The number of thiophene rings is 1. The Morgan fingerprint density at radius 1 is 1.11 bits per heavy atom. The molecule has 2 atom stereocenters. The number of amides is 1. The number of ether oxygens (including phenoxy) is 1. The predicted octanol–water partition coefficient (Wildman–Crippen LogP) is 5.54. The molecule has 1 saturated heterocycles. The number of carbonyl (C=O) groups excluding carboxylic acids is 1. The fourth-order valence-corrected chi connectivity index (χ4v) is 5.41. The number of rotatable bonds is 7. The first-order chi connectivity index (χ1) is 18.4. The second-order valence-electron chi connectivity index (χ2n) is 9.26. The molecule has 0 saturated carbocycles. The average molecular weight is 533 g/mol. The highest BCUT2D eigenvalue weighted by atomic mass is 32.1. The molecule has 8 nitrogen and oxygen atoms in total. The first kappa shape index (κ1) is 25.6. The Morgan fingerprint density at radius 2 is 1.87 bits per heavy atom. The van der Waals surface area contributed by atoms with Crippen LogP contribution in [0.4, 0.5) is 27.5 Å². The monoisotopic (exact) mass is 532 g/mol. The standard InChI is InChI=1S/C28H29FN6O2S/c1-17-15-35(16-18(2)31-17)28-30-14-21(29)26(34-28)32-20-9-10-22(23(13-20)37-3)33-27(36)25-12-11-24(38-25)19-7-5-4-6-8-19/h4-14,17-18,31H,15-16H2,1-3H3,(H,33,36)(H,30,32,34)/t17-,18+. The van der Waals surface area contributed by atoms with Crippen LogP contribution in [0.25, 0.3) is 10.4 Å². The summed E-state index contributed by atoms with van der Waals surface area (Å²) in [5.74, 6) is 0.175. The Morgan fingerprint density at radius 3 is 2.61 bits per heavy atom. The van der Waals surface area contributed by atoms with Gasteiger partial charge in [-0.25, -0.2) is 9.37 Å². The van der Waals surface area contributed by atoms with Gasteiger partial charge in [0.2, 0.25) is 5.95 Å². The van der Waals surface area contributed by atoms with Crippen molar-refractivity contribution in [1.82, 2.24) is 15.3 Å². The fraction of sp³-hybridized carbons (Fsp3) is 0.250. The lowest BCUT2D eigenvalue weighted by Crippen LogP contribution is -2.54. The summed E-state index contributed by atoms with van der Waals surface area (Å²) in [6.07, 6.45) is 1.18. The number of aromatic nitrogens is 2. The van der Waals surface area contributed by atoms with Crippen molar-refractivity contribution in [3.8, 4) is 16.2 Å². The third-order valence-corrected chi connectivity index (χ3v) is 7.31. The van der Waals surface area contributed by atoms with Gasteiger partial charge in [-0.2, -0.15) is 4.98 Å². The summed E-state index contributed by atoms with van der Waals surface area (Å²) in [6, 6.07) is 19.3. The third kappa shape index (κ3) is 5.76. The Kier molecular flexibility index (Phi) is 7.52. The van der Waals surface area contributed by atoms with Crippen molar-refractivity contribution in [2.24, 2.45) is 0 Å². The SMILES string of the molecule is COc1cc(Nc2nc(N3C[C@@H](C)N[C@@H](C)C3)ncc2F)ccc1NC(=O)c1ccc(-c2ccccc2)s1. The zero-order chi connectivity index (χ0) is 26.6. The number of carbonyl (C=O) groups is 1. The molecule has 196 valence electrons. The smallest absolute Gasteiger partial charge is 0.265 e. The van der Waals surface area contributed by atoms with Crippen molar-refractivity contribution in [1.29, 1.82) is 0 Å². The molecule has 0 aliphatic carbocycles. The molecule has 38 heavy (non-hydrogen) atoms. The first-order valence-electron chi connectivity index (χ1n) is 12.3. The molecular weight excluding hydrogens is 503 g/mol. The van der Waals surface area contributed by atoms with Crippen LogP contribution in [0.3, 0.4) is 0 Å².